The molecule has 0 saturated carbocycles. The number of hydrogen-bond donors (Lipinski definition) is 0. The number of rotatable bonds is 4. The monoisotopic (exact) mass is 350 g/mol. The zero-order valence-electron chi connectivity index (χ0n) is 14.2. The van der Waals surface area contributed by atoms with Crippen LogP contribution in [0.3, 0.4) is 0 Å². The maximum atomic E-state index is 12.6. The number of hydrogen-bond acceptors (Lipinski definition) is 4. The van der Waals surface area contributed by atoms with Gasteiger partial charge in [-0.2, -0.15) is 10.2 Å². The number of halogens is 1. The second-order valence-electron chi connectivity index (χ2n) is 6.20. The van der Waals surface area contributed by atoms with Crippen LogP contribution in [0.5, 0.6) is 0 Å². The highest BCUT2D eigenvalue weighted by Crippen LogP contribution is 2.10. The zero-order valence-corrected chi connectivity index (χ0v) is 14.9. The highest BCUT2D eigenvalue weighted by Gasteiger charge is 2.22. The van der Waals surface area contributed by atoms with Gasteiger partial charge >= 0.3 is 0 Å². The Bertz CT molecular complexity index is 690. The van der Waals surface area contributed by atoms with E-state index in [0.717, 1.165) is 51.4 Å². The predicted octanol–water partition coefficient (Wildman–Crippen LogP) is 1.43. The minimum Gasteiger partial charge on any atom is -0.336 e. The summed E-state index contributed by atoms with van der Waals surface area (Å²) in [5.41, 5.74) is 1.53. The van der Waals surface area contributed by atoms with E-state index in [1.54, 1.807) is 10.9 Å². The molecule has 2 aromatic rings. The molecule has 1 fully saturated rings. The van der Waals surface area contributed by atoms with Crippen molar-refractivity contribution < 1.29 is 4.79 Å². The smallest absolute Gasteiger partial charge is 0.274 e. The topological polar surface area (TPSA) is 59.2 Å². The first-order valence-corrected chi connectivity index (χ1v) is 8.61. The standard InChI is InChI=1S/C16H23ClN6O/c1-13-10-15(19-20(13)2)16(24)22-5-3-4-21(6-8-22)7-9-23-12-14(17)11-18-23/h10-12H,3-9H2,1-2H3. The summed E-state index contributed by atoms with van der Waals surface area (Å²) in [6, 6.07) is 1.85. The van der Waals surface area contributed by atoms with Crippen LogP contribution in [0.25, 0.3) is 0 Å². The Hall–Kier alpha value is -1.86. The average molecular weight is 351 g/mol. The molecule has 0 unspecified atom stereocenters. The molecule has 0 bridgehead atoms. The molecule has 0 radical (unpaired) electrons. The van der Waals surface area contributed by atoms with E-state index in [9.17, 15) is 4.79 Å². The molecular weight excluding hydrogens is 328 g/mol. The van der Waals surface area contributed by atoms with E-state index in [1.807, 2.05) is 35.8 Å². The van der Waals surface area contributed by atoms with Crippen molar-refractivity contribution in [3.8, 4) is 0 Å². The second-order valence-corrected chi connectivity index (χ2v) is 6.64. The fourth-order valence-corrected chi connectivity index (χ4v) is 3.09. The normalized spacial score (nSPS) is 16.4. The first-order valence-electron chi connectivity index (χ1n) is 8.23. The van der Waals surface area contributed by atoms with Gasteiger partial charge in [0.05, 0.1) is 17.8 Å². The van der Waals surface area contributed by atoms with Crippen molar-refractivity contribution in [3.05, 3.63) is 34.9 Å². The van der Waals surface area contributed by atoms with Gasteiger partial charge in [0.15, 0.2) is 5.69 Å². The van der Waals surface area contributed by atoms with E-state index >= 15 is 0 Å². The minimum atomic E-state index is 0.0272. The molecule has 7 nitrogen and oxygen atoms in total. The Morgan fingerprint density at radius 3 is 2.75 bits per heavy atom. The molecule has 3 rings (SSSR count). The summed E-state index contributed by atoms with van der Waals surface area (Å²) in [6.07, 6.45) is 4.45. The summed E-state index contributed by atoms with van der Waals surface area (Å²) in [5, 5.41) is 9.16. The second kappa shape index (κ2) is 7.36. The lowest BCUT2D eigenvalue weighted by molar-refractivity contribution is 0.0754. The van der Waals surface area contributed by atoms with Crippen molar-refractivity contribution in [1.82, 2.24) is 29.4 Å². The molecule has 130 valence electrons. The lowest BCUT2D eigenvalue weighted by atomic mass is 10.3. The van der Waals surface area contributed by atoms with Gasteiger partial charge in [-0.15, -0.1) is 0 Å². The average Bonchev–Trinajstić information content (AvgIpc) is 3.03. The van der Waals surface area contributed by atoms with Crippen LogP contribution in [0.1, 0.15) is 22.6 Å². The van der Waals surface area contributed by atoms with Crippen molar-refractivity contribution >= 4 is 17.5 Å². The number of aryl methyl sites for hydroxylation is 2. The number of carbonyl (C=O) groups excluding carboxylic acids is 1. The molecule has 0 atom stereocenters. The SMILES string of the molecule is Cc1cc(C(=O)N2CCCN(CCn3cc(Cl)cn3)CC2)nn1C. The summed E-state index contributed by atoms with van der Waals surface area (Å²) in [5.74, 6) is 0.0272. The van der Waals surface area contributed by atoms with Gasteiger partial charge in [0.25, 0.3) is 5.91 Å². The first kappa shape index (κ1) is 17.0. The Labute approximate surface area is 146 Å². The third kappa shape index (κ3) is 3.96. The van der Waals surface area contributed by atoms with Gasteiger partial charge in [-0.3, -0.25) is 19.1 Å². The van der Waals surface area contributed by atoms with Gasteiger partial charge in [0, 0.05) is 45.1 Å². The molecule has 2 aromatic heterocycles. The van der Waals surface area contributed by atoms with Crippen LogP contribution >= 0.6 is 11.6 Å². The van der Waals surface area contributed by atoms with E-state index in [1.165, 1.54) is 0 Å². The van der Waals surface area contributed by atoms with E-state index in [-0.39, 0.29) is 5.91 Å². The number of carbonyl (C=O) groups is 1. The lowest BCUT2D eigenvalue weighted by Crippen LogP contribution is -2.36. The van der Waals surface area contributed by atoms with Crippen LogP contribution in [0.4, 0.5) is 0 Å². The molecule has 24 heavy (non-hydrogen) atoms. The van der Waals surface area contributed by atoms with Crippen LogP contribution in [-0.2, 0) is 13.6 Å². The van der Waals surface area contributed by atoms with Gasteiger partial charge < -0.3 is 4.90 Å². The maximum Gasteiger partial charge on any atom is 0.274 e. The van der Waals surface area contributed by atoms with Crippen molar-refractivity contribution in [1.29, 1.82) is 0 Å². The highest BCUT2D eigenvalue weighted by atomic mass is 35.5. The van der Waals surface area contributed by atoms with Crippen LogP contribution in [-0.4, -0.2) is 68.0 Å². The summed E-state index contributed by atoms with van der Waals surface area (Å²) in [4.78, 5) is 16.9. The lowest BCUT2D eigenvalue weighted by Gasteiger charge is -2.21. The number of nitrogens with zero attached hydrogens (tertiary/aromatic N) is 6. The largest absolute Gasteiger partial charge is 0.336 e. The number of aromatic nitrogens is 4. The fraction of sp³-hybridized carbons (Fsp3) is 0.562. The molecule has 0 spiro atoms. The summed E-state index contributed by atoms with van der Waals surface area (Å²) >= 11 is 5.88. The van der Waals surface area contributed by atoms with Crippen molar-refractivity contribution in [2.45, 2.75) is 19.9 Å². The molecule has 1 amide bonds. The van der Waals surface area contributed by atoms with Crippen molar-refractivity contribution in [2.75, 3.05) is 32.7 Å². The highest BCUT2D eigenvalue weighted by molar-refractivity contribution is 6.30. The van der Waals surface area contributed by atoms with Gasteiger partial charge in [-0.25, -0.2) is 0 Å². The van der Waals surface area contributed by atoms with E-state index in [4.69, 9.17) is 11.6 Å². The molecule has 1 saturated heterocycles. The van der Waals surface area contributed by atoms with Gasteiger partial charge in [-0.05, 0) is 26.0 Å². The minimum absolute atomic E-state index is 0.0272. The Kier molecular flexibility index (Phi) is 5.20. The molecule has 0 aromatic carbocycles. The van der Waals surface area contributed by atoms with Crippen LogP contribution in [0.15, 0.2) is 18.5 Å². The third-order valence-corrected chi connectivity index (χ3v) is 4.65. The zero-order chi connectivity index (χ0) is 17.1. The van der Waals surface area contributed by atoms with E-state index < -0.39 is 0 Å². The molecule has 8 heteroatoms. The fourth-order valence-electron chi connectivity index (χ4n) is 2.93. The van der Waals surface area contributed by atoms with Crippen molar-refractivity contribution in [3.63, 3.8) is 0 Å². The third-order valence-electron chi connectivity index (χ3n) is 4.46. The summed E-state index contributed by atoms with van der Waals surface area (Å²) in [7, 11) is 1.86. The van der Waals surface area contributed by atoms with Crippen LogP contribution < -0.4 is 0 Å². The van der Waals surface area contributed by atoms with Gasteiger partial charge in [0.1, 0.15) is 0 Å². The summed E-state index contributed by atoms with van der Waals surface area (Å²) < 4.78 is 3.60. The number of amides is 1. The maximum absolute atomic E-state index is 12.6. The molecule has 1 aliphatic rings. The predicted molar refractivity (Wildman–Crippen MR) is 92.1 cm³/mol. The molecule has 0 aliphatic carbocycles. The summed E-state index contributed by atoms with van der Waals surface area (Å²) in [6.45, 7) is 7.03. The molecule has 0 N–H and O–H groups in total. The molecule has 1 aliphatic heterocycles. The Balaban J connectivity index is 1.53. The molecule has 3 heterocycles. The quantitative estimate of drug-likeness (QED) is 0.837. The van der Waals surface area contributed by atoms with E-state index in [2.05, 4.69) is 15.1 Å². The Morgan fingerprint density at radius 1 is 1.25 bits per heavy atom. The van der Waals surface area contributed by atoms with Crippen LogP contribution in [0, 0.1) is 6.92 Å². The van der Waals surface area contributed by atoms with Gasteiger partial charge in [-0.1, -0.05) is 11.6 Å². The molecular formula is C16H23ClN6O. The van der Waals surface area contributed by atoms with Gasteiger partial charge in [0.2, 0.25) is 0 Å². The Morgan fingerprint density at radius 2 is 2.08 bits per heavy atom. The van der Waals surface area contributed by atoms with Crippen LogP contribution in [0.2, 0.25) is 5.02 Å². The van der Waals surface area contributed by atoms with Crippen molar-refractivity contribution in [2.24, 2.45) is 7.05 Å². The van der Waals surface area contributed by atoms with E-state index in [0.29, 0.717) is 10.7 Å². The first-order chi connectivity index (χ1) is 11.5.